The zero-order valence-corrected chi connectivity index (χ0v) is 31.6. The van der Waals surface area contributed by atoms with E-state index in [1.54, 1.807) is 11.3 Å². The summed E-state index contributed by atoms with van der Waals surface area (Å²) in [5.74, 6) is 1.69. The Kier molecular flexibility index (Phi) is 8.15. The van der Waals surface area contributed by atoms with Crippen LogP contribution in [0, 0.1) is 0 Å². The van der Waals surface area contributed by atoms with Gasteiger partial charge in [-0.25, -0.2) is 0 Å². The van der Waals surface area contributed by atoms with E-state index in [2.05, 4.69) is 189 Å². The first kappa shape index (κ1) is 33.2. The van der Waals surface area contributed by atoms with Crippen molar-refractivity contribution < 1.29 is 9.47 Å². The molecule has 2 aliphatic rings. The van der Waals surface area contributed by atoms with Crippen LogP contribution in [-0.2, 0) is 5.41 Å². The van der Waals surface area contributed by atoms with Crippen molar-refractivity contribution in [2.24, 2.45) is 0 Å². The molecule has 0 amide bonds. The molecule has 0 atom stereocenters. The summed E-state index contributed by atoms with van der Waals surface area (Å²) in [5, 5.41) is 0. The number of hydrogen-bond acceptors (Lipinski definition) is 4. The van der Waals surface area contributed by atoms with Gasteiger partial charge >= 0.3 is 0 Å². The number of nitrogens with zero attached hydrogens (tertiary/aromatic N) is 1. The number of thiophene rings is 1. The SMILES string of the molecule is CC1(C)c2ccccc2-c2ccc(N(c3ccc(-c4ccc(-c5ccccc5)cc4)cc3)c3ccc(-c4sc(-c5ccccc5)c5c4OCCO5)cc3)cc21. The molecule has 10 rings (SSSR count). The summed E-state index contributed by atoms with van der Waals surface area (Å²) in [6.07, 6.45) is 0. The van der Waals surface area contributed by atoms with Crippen LogP contribution in [-0.4, -0.2) is 13.2 Å². The van der Waals surface area contributed by atoms with Crippen molar-refractivity contribution in [2.45, 2.75) is 19.3 Å². The molecule has 266 valence electrons. The molecule has 7 aromatic carbocycles. The minimum atomic E-state index is -0.107. The lowest BCUT2D eigenvalue weighted by molar-refractivity contribution is 0.175. The van der Waals surface area contributed by atoms with Crippen LogP contribution < -0.4 is 14.4 Å². The number of ether oxygens (including phenoxy) is 2. The van der Waals surface area contributed by atoms with E-state index >= 15 is 0 Å². The second-order valence-corrected chi connectivity index (χ2v) is 15.8. The second kappa shape index (κ2) is 13.5. The Balaban J connectivity index is 1.04. The number of benzene rings is 7. The maximum Gasteiger partial charge on any atom is 0.180 e. The summed E-state index contributed by atoms with van der Waals surface area (Å²) in [7, 11) is 0. The Morgan fingerprint density at radius 3 is 1.42 bits per heavy atom. The van der Waals surface area contributed by atoms with Crippen molar-refractivity contribution in [1.82, 2.24) is 0 Å². The maximum absolute atomic E-state index is 6.27. The standard InChI is InChI=1S/C51H39NO2S/c1-51(2)45-16-10-9-15-43(45)44-30-29-42(33-46(44)51)52(40-25-21-37(22-26-40)36-19-17-35(18-20-36)34-11-5-3-6-12-34)41-27-23-39(24-28-41)50-48-47(53-31-32-54-48)49(55-50)38-13-7-4-8-14-38/h3-30,33H,31-32H2,1-2H3. The van der Waals surface area contributed by atoms with Crippen LogP contribution in [0.3, 0.4) is 0 Å². The molecular weight excluding hydrogens is 691 g/mol. The molecule has 0 radical (unpaired) electrons. The molecule has 0 spiro atoms. The van der Waals surface area contributed by atoms with E-state index in [-0.39, 0.29) is 5.41 Å². The van der Waals surface area contributed by atoms with E-state index in [1.807, 2.05) is 6.07 Å². The van der Waals surface area contributed by atoms with E-state index < -0.39 is 0 Å². The fourth-order valence-corrected chi connectivity index (χ4v) is 9.45. The monoisotopic (exact) mass is 729 g/mol. The molecule has 0 saturated heterocycles. The van der Waals surface area contributed by atoms with Crippen LogP contribution in [0.2, 0.25) is 0 Å². The predicted molar refractivity (Wildman–Crippen MR) is 229 cm³/mol. The van der Waals surface area contributed by atoms with Gasteiger partial charge in [0.2, 0.25) is 0 Å². The quantitative estimate of drug-likeness (QED) is 0.163. The van der Waals surface area contributed by atoms with Crippen molar-refractivity contribution in [3.05, 3.63) is 187 Å². The Bertz CT molecular complexity index is 2640. The van der Waals surface area contributed by atoms with Crippen molar-refractivity contribution in [1.29, 1.82) is 0 Å². The molecule has 0 saturated carbocycles. The first-order valence-electron chi connectivity index (χ1n) is 18.9. The smallest absolute Gasteiger partial charge is 0.180 e. The lowest BCUT2D eigenvalue weighted by atomic mass is 9.82. The molecule has 55 heavy (non-hydrogen) atoms. The van der Waals surface area contributed by atoms with Gasteiger partial charge in [0, 0.05) is 22.5 Å². The van der Waals surface area contributed by atoms with Gasteiger partial charge in [-0.1, -0.05) is 153 Å². The first-order chi connectivity index (χ1) is 27.0. The Morgan fingerprint density at radius 1 is 0.418 bits per heavy atom. The first-order valence-corrected chi connectivity index (χ1v) is 19.7. The van der Waals surface area contributed by atoms with Crippen LogP contribution in [0.15, 0.2) is 176 Å². The van der Waals surface area contributed by atoms with Gasteiger partial charge in [0.25, 0.3) is 0 Å². The Hall–Kier alpha value is -6.36. The van der Waals surface area contributed by atoms with Crippen molar-refractivity contribution in [3.8, 4) is 65.8 Å². The highest BCUT2D eigenvalue weighted by Crippen LogP contribution is 2.54. The third-order valence-electron chi connectivity index (χ3n) is 11.1. The van der Waals surface area contributed by atoms with Crippen LogP contribution in [0.4, 0.5) is 17.1 Å². The molecular formula is C51H39NO2S. The van der Waals surface area contributed by atoms with E-state index in [0.717, 1.165) is 49.4 Å². The van der Waals surface area contributed by atoms with E-state index in [9.17, 15) is 0 Å². The van der Waals surface area contributed by atoms with E-state index in [1.165, 1.54) is 44.5 Å². The molecule has 2 heterocycles. The minimum absolute atomic E-state index is 0.107. The highest BCUT2D eigenvalue weighted by molar-refractivity contribution is 7.19. The number of fused-ring (bicyclic) bond motifs is 4. The molecule has 8 aromatic rings. The third kappa shape index (κ3) is 5.81. The van der Waals surface area contributed by atoms with Gasteiger partial charge in [-0.2, -0.15) is 0 Å². The molecule has 0 bridgehead atoms. The topological polar surface area (TPSA) is 21.7 Å². The number of rotatable bonds is 7. The van der Waals surface area contributed by atoms with Crippen LogP contribution >= 0.6 is 11.3 Å². The van der Waals surface area contributed by atoms with Crippen molar-refractivity contribution in [3.63, 3.8) is 0 Å². The number of hydrogen-bond donors (Lipinski definition) is 0. The second-order valence-electron chi connectivity index (χ2n) is 14.8. The summed E-state index contributed by atoms with van der Waals surface area (Å²) in [4.78, 5) is 4.57. The summed E-state index contributed by atoms with van der Waals surface area (Å²) < 4.78 is 12.5. The zero-order chi connectivity index (χ0) is 36.9. The molecule has 1 aliphatic heterocycles. The van der Waals surface area contributed by atoms with Crippen molar-refractivity contribution >= 4 is 28.4 Å². The van der Waals surface area contributed by atoms with Gasteiger partial charge < -0.3 is 14.4 Å². The summed E-state index contributed by atoms with van der Waals surface area (Å²) >= 11 is 1.73. The molecule has 0 N–H and O–H groups in total. The molecule has 3 nitrogen and oxygen atoms in total. The summed E-state index contributed by atoms with van der Waals surface area (Å²) in [6, 6.07) is 63.5. The maximum atomic E-state index is 6.27. The number of anilines is 3. The van der Waals surface area contributed by atoms with Crippen LogP contribution in [0.1, 0.15) is 25.0 Å². The average Bonchev–Trinajstić information content (AvgIpc) is 3.75. The molecule has 0 fully saturated rings. The molecule has 1 aliphatic carbocycles. The van der Waals surface area contributed by atoms with Gasteiger partial charge in [0.15, 0.2) is 11.5 Å². The minimum Gasteiger partial charge on any atom is -0.485 e. The van der Waals surface area contributed by atoms with Gasteiger partial charge in [0.1, 0.15) is 13.2 Å². The van der Waals surface area contributed by atoms with E-state index in [0.29, 0.717) is 13.2 Å². The van der Waals surface area contributed by atoms with Crippen LogP contribution in [0.25, 0.3) is 54.3 Å². The molecule has 0 unspecified atom stereocenters. The van der Waals surface area contributed by atoms with Gasteiger partial charge in [-0.3, -0.25) is 0 Å². The summed E-state index contributed by atoms with van der Waals surface area (Å²) in [6.45, 7) is 5.78. The normalized spacial score (nSPS) is 13.6. The highest BCUT2D eigenvalue weighted by Gasteiger charge is 2.36. The van der Waals surface area contributed by atoms with Crippen LogP contribution in [0.5, 0.6) is 11.5 Å². The van der Waals surface area contributed by atoms with Gasteiger partial charge in [0.05, 0.1) is 9.75 Å². The lowest BCUT2D eigenvalue weighted by Crippen LogP contribution is -2.16. The predicted octanol–water partition coefficient (Wildman–Crippen LogP) is 14.0. The molecule has 1 aromatic heterocycles. The fraction of sp³-hybridized carbons (Fsp3) is 0.0980. The largest absolute Gasteiger partial charge is 0.485 e. The highest BCUT2D eigenvalue weighted by atomic mass is 32.1. The fourth-order valence-electron chi connectivity index (χ4n) is 8.25. The Labute approximate surface area is 326 Å². The van der Waals surface area contributed by atoms with Gasteiger partial charge in [-0.15, -0.1) is 11.3 Å². The molecule has 4 heteroatoms. The summed E-state index contributed by atoms with van der Waals surface area (Å²) in [5.41, 5.74) is 15.6. The third-order valence-corrected chi connectivity index (χ3v) is 12.3. The lowest BCUT2D eigenvalue weighted by Gasteiger charge is -2.28. The van der Waals surface area contributed by atoms with Crippen molar-refractivity contribution in [2.75, 3.05) is 18.1 Å². The zero-order valence-electron chi connectivity index (χ0n) is 30.8. The average molecular weight is 730 g/mol. The van der Waals surface area contributed by atoms with E-state index in [4.69, 9.17) is 9.47 Å². The Morgan fingerprint density at radius 2 is 0.836 bits per heavy atom. The van der Waals surface area contributed by atoms with Gasteiger partial charge in [-0.05, 0) is 92.0 Å².